The molecule has 4 heterocycles. The predicted octanol–water partition coefficient (Wildman–Crippen LogP) is 2.86. The summed E-state index contributed by atoms with van der Waals surface area (Å²) in [6.45, 7) is 4.63. The number of benzene rings is 1. The maximum atomic E-state index is 14.4. The summed E-state index contributed by atoms with van der Waals surface area (Å²) in [6.07, 6.45) is 7.76. The molecule has 8 nitrogen and oxygen atoms in total. The summed E-state index contributed by atoms with van der Waals surface area (Å²) in [7, 11) is 1.86. The van der Waals surface area contributed by atoms with Gasteiger partial charge in [0.1, 0.15) is 5.52 Å². The minimum absolute atomic E-state index is 0.237. The smallest absolute Gasteiger partial charge is 0.257 e. The lowest BCUT2D eigenvalue weighted by Crippen LogP contribution is -2.52. The van der Waals surface area contributed by atoms with Crippen LogP contribution in [-0.2, 0) is 7.05 Å². The maximum Gasteiger partial charge on any atom is 0.257 e. The van der Waals surface area contributed by atoms with Crippen molar-refractivity contribution < 1.29 is 9.18 Å². The van der Waals surface area contributed by atoms with E-state index in [2.05, 4.69) is 25.6 Å². The predicted molar refractivity (Wildman–Crippen MR) is 121 cm³/mol. The normalized spacial score (nSPS) is 17.4. The number of nitrogens with zero attached hydrogens (tertiary/aromatic N) is 5. The van der Waals surface area contributed by atoms with E-state index in [0.29, 0.717) is 22.5 Å². The van der Waals surface area contributed by atoms with E-state index in [0.717, 1.165) is 30.7 Å². The number of anilines is 2. The van der Waals surface area contributed by atoms with Gasteiger partial charge in [0.05, 0.1) is 16.9 Å². The molecule has 2 aliphatic rings. The number of imidazole rings is 1. The van der Waals surface area contributed by atoms with Gasteiger partial charge in [0.2, 0.25) is 0 Å². The lowest BCUT2D eigenvalue weighted by atomic mass is 10.1. The highest BCUT2D eigenvalue weighted by Crippen LogP contribution is 2.40. The molecule has 9 heteroatoms. The molecule has 1 aliphatic heterocycles. The van der Waals surface area contributed by atoms with Gasteiger partial charge in [-0.3, -0.25) is 9.48 Å². The Morgan fingerprint density at radius 3 is 2.91 bits per heavy atom. The average molecular weight is 433 g/mol. The molecule has 6 rings (SSSR count). The zero-order chi connectivity index (χ0) is 22.0. The molecule has 2 N–H and O–H groups in total. The molecule has 4 aromatic rings. The number of amides is 1. The molecule has 0 atom stereocenters. The number of aryl methyl sites for hydroxylation is 2. The SMILES string of the molecule is Cc1cn2cc(NC(=O)c3ccc(N4CCNC5(CC5)C4)c4cn(C)nc34)cc(F)c2n1. The van der Waals surface area contributed by atoms with E-state index >= 15 is 0 Å². The van der Waals surface area contributed by atoms with Gasteiger partial charge in [0, 0.05) is 68.0 Å². The van der Waals surface area contributed by atoms with Gasteiger partial charge in [0.25, 0.3) is 5.91 Å². The highest BCUT2D eigenvalue weighted by Gasteiger charge is 2.45. The first-order valence-corrected chi connectivity index (χ1v) is 10.8. The van der Waals surface area contributed by atoms with E-state index in [4.69, 9.17) is 0 Å². The molecule has 1 aromatic carbocycles. The second-order valence-corrected chi connectivity index (χ2v) is 8.97. The van der Waals surface area contributed by atoms with Crippen LogP contribution < -0.4 is 15.5 Å². The lowest BCUT2D eigenvalue weighted by Gasteiger charge is -2.36. The number of halogens is 1. The van der Waals surface area contributed by atoms with Crippen LogP contribution in [0.15, 0.2) is 36.8 Å². The third-order valence-corrected chi connectivity index (χ3v) is 6.47. The van der Waals surface area contributed by atoms with E-state index in [1.165, 1.54) is 18.9 Å². The topological polar surface area (TPSA) is 79.5 Å². The van der Waals surface area contributed by atoms with Gasteiger partial charge >= 0.3 is 0 Å². The third kappa shape index (κ3) is 3.12. The number of nitrogens with one attached hydrogen (secondary N) is 2. The van der Waals surface area contributed by atoms with Crippen LogP contribution in [-0.4, -0.2) is 50.2 Å². The Labute approximate surface area is 184 Å². The molecule has 1 saturated heterocycles. The van der Waals surface area contributed by atoms with E-state index in [1.807, 2.05) is 25.4 Å². The van der Waals surface area contributed by atoms with E-state index < -0.39 is 5.82 Å². The van der Waals surface area contributed by atoms with Gasteiger partial charge in [-0.25, -0.2) is 9.37 Å². The van der Waals surface area contributed by atoms with Gasteiger partial charge in [0.15, 0.2) is 11.5 Å². The number of hydrogen-bond donors (Lipinski definition) is 2. The summed E-state index contributed by atoms with van der Waals surface area (Å²) in [5, 5.41) is 12.0. The molecular weight excluding hydrogens is 409 g/mol. The summed E-state index contributed by atoms with van der Waals surface area (Å²) in [6, 6.07) is 5.11. The molecule has 1 aliphatic carbocycles. The summed E-state index contributed by atoms with van der Waals surface area (Å²) < 4.78 is 17.8. The van der Waals surface area contributed by atoms with Crippen LogP contribution in [0.5, 0.6) is 0 Å². The van der Waals surface area contributed by atoms with Crippen molar-refractivity contribution in [3.63, 3.8) is 0 Å². The molecule has 3 aromatic heterocycles. The van der Waals surface area contributed by atoms with Crippen molar-refractivity contribution in [1.82, 2.24) is 24.5 Å². The summed E-state index contributed by atoms with van der Waals surface area (Å²) in [5.41, 5.74) is 3.76. The van der Waals surface area contributed by atoms with Crippen LogP contribution in [0.3, 0.4) is 0 Å². The second kappa shape index (κ2) is 6.77. The molecular formula is C23H24FN7O. The van der Waals surface area contributed by atoms with Gasteiger partial charge in [-0.1, -0.05) is 0 Å². The Balaban J connectivity index is 1.35. The number of fused-ring (bicyclic) bond motifs is 2. The zero-order valence-electron chi connectivity index (χ0n) is 18.0. The van der Waals surface area contributed by atoms with Crippen molar-refractivity contribution >= 4 is 33.8 Å². The first kappa shape index (κ1) is 19.2. The standard InChI is InChI=1S/C23H24FN7O/c1-14-10-31-11-15(9-18(24)21(31)26-14)27-22(32)16-3-4-19(17-12-29(2)28-20(16)17)30-8-7-25-23(13-30)5-6-23/h3-4,9-12,25H,5-8,13H2,1-2H3,(H,27,32). The molecule has 0 unspecified atom stereocenters. The minimum atomic E-state index is -0.484. The lowest BCUT2D eigenvalue weighted by molar-refractivity contribution is 0.102. The molecule has 0 bridgehead atoms. The van der Waals surface area contributed by atoms with Crippen LogP contribution >= 0.6 is 0 Å². The number of rotatable bonds is 3. The van der Waals surface area contributed by atoms with Gasteiger partial charge in [-0.2, -0.15) is 5.10 Å². The largest absolute Gasteiger partial charge is 0.368 e. The molecule has 0 radical (unpaired) electrons. The second-order valence-electron chi connectivity index (χ2n) is 8.97. The highest BCUT2D eigenvalue weighted by atomic mass is 19.1. The van der Waals surface area contributed by atoms with E-state index in [1.54, 1.807) is 28.4 Å². The van der Waals surface area contributed by atoms with Crippen molar-refractivity contribution in [3.8, 4) is 0 Å². The van der Waals surface area contributed by atoms with Crippen molar-refractivity contribution in [2.45, 2.75) is 25.3 Å². The number of carbonyl (C=O) groups excluding carboxylic acids is 1. The zero-order valence-corrected chi connectivity index (χ0v) is 18.0. The first-order valence-electron chi connectivity index (χ1n) is 10.8. The van der Waals surface area contributed by atoms with Crippen LogP contribution in [0.25, 0.3) is 16.6 Å². The summed E-state index contributed by atoms with van der Waals surface area (Å²) >= 11 is 0. The molecule has 1 spiro atoms. The van der Waals surface area contributed by atoms with Gasteiger partial charge in [-0.15, -0.1) is 0 Å². The Kier molecular flexibility index (Phi) is 4.07. The number of carbonyl (C=O) groups is 1. The monoisotopic (exact) mass is 433 g/mol. The number of pyridine rings is 1. The quantitative estimate of drug-likeness (QED) is 0.520. The van der Waals surface area contributed by atoms with E-state index in [-0.39, 0.29) is 17.1 Å². The Morgan fingerprint density at radius 2 is 2.09 bits per heavy atom. The average Bonchev–Trinajstić information content (AvgIpc) is 3.18. The van der Waals surface area contributed by atoms with Gasteiger partial charge in [-0.05, 0) is 31.9 Å². The van der Waals surface area contributed by atoms with Crippen molar-refractivity contribution in [2.75, 3.05) is 29.9 Å². The first-order chi connectivity index (χ1) is 15.4. The number of piperazine rings is 1. The maximum absolute atomic E-state index is 14.4. The van der Waals surface area contributed by atoms with Crippen LogP contribution in [0.1, 0.15) is 28.9 Å². The van der Waals surface area contributed by atoms with Crippen molar-refractivity contribution in [2.24, 2.45) is 7.05 Å². The fraction of sp³-hybridized carbons (Fsp3) is 0.348. The Hall–Kier alpha value is -3.46. The molecule has 2 fully saturated rings. The molecule has 164 valence electrons. The minimum Gasteiger partial charge on any atom is -0.368 e. The fourth-order valence-electron chi connectivity index (χ4n) is 4.76. The summed E-state index contributed by atoms with van der Waals surface area (Å²) in [5.74, 6) is -0.809. The fourth-order valence-corrected chi connectivity index (χ4v) is 4.76. The van der Waals surface area contributed by atoms with Crippen molar-refractivity contribution in [1.29, 1.82) is 0 Å². The Bertz CT molecular complexity index is 1380. The highest BCUT2D eigenvalue weighted by molar-refractivity contribution is 6.13. The van der Waals surface area contributed by atoms with Crippen LogP contribution in [0.2, 0.25) is 0 Å². The van der Waals surface area contributed by atoms with E-state index in [9.17, 15) is 9.18 Å². The molecule has 1 saturated carbocycles. The van der Waals surface area contributed by atoms with Crippen molar-refractivity contribution in [3.05, 3.63) is 53.9 Å². The molecule has 32 heavy (non-hydrogen) atoms. The third-order valence-electron chi connectivity index (χ3n) is 6.47. The molecule has 1 amide bonds. The number of aromatic nitrogens is 4. The number of hydrogen-bond acceptors (Lipinski definition) is 5. The van der Waals surface area contributed by atoms with Crippen LogP contribution in [0, 0.1) is 12.7 Å². The van der Waals surface area contributed by atoms with Crippen LogP contribution in [0.4, 0.5) is 15.8 Å². The summed E-state index contributed by atoms with van der Waals surface area (Å²) in [4.78, 5) is 19.7. The van der Waals surface area contributed by atoms with Gasteiger partial charge < -0.3 is 19.9 Å². The Morgan fingerprint density at radius 1 is 1.25 bits per heavy atom.